The van der Waals surface area contributed by atoms with Gasteiger partial charge in [0.25, 0.3) is 11.8 Å². The SMILES string of the molecule is Cc1ccc(S(=O)(=O)CCC(=O)OCC(=O)NNC(=O)c2ccc(Br)cc2)cc1C. The molecular weight excluding hydrogens is 476 g/mol. The Bertz CT molecular complexity index is 1050. The Kier molecular flexibility index (Phi) is 8.13. The summed E-state index contributed by atoms with van der Waals surface area (Å²) in [6, 6.07) is 11.2. The molecule has 0 atom stereocenters. The molecule has 0 fully saturated rings. The number of hydrazine groups is 1. The molecule has 0 bridgehead atoms. The fourth-order valence-corrected chi connectivity index (χ4v) is 3.86. The van der Waals surface area contributed by atoms with Crippen molar-refractivity contribution in [3.63, 3.8) is 0 Å². The van der Waals surface area contributed by atoms with E-state index in [9.17, 15) is 22.8 Å². The third-order valence-corrected chi connectivity index (χ3v) is 6.44. The van der Waals surface area contributed by atoms with E-state index in [1.54, 1.807) is 43.3 Å². The minimum atomic E-state index is -3.65. The van der Waals surface area contributed by atoms with Crippen molar-refractivity contribution < 1.29 is 27.5 Å². The van der Waals surface area contributed by atoms with E-state index in [1.165, 1.54) is 6.07 Å². The number of rotatable bonds is 7. The molecule has 2 aromatic carbocycles. The predicted molar refractivity (Wildman–Crippen MR) is 113 cm³/mol. The molecule has 0 unspecified atom stereocenters. The largest absolute Gasteiger partial charge is 0.455 e. The Morgan fingerprint density at radius 1 is 0.967 bits per heavy atom. The number of nitrogens with one attached hydrogen (secondary N) is 2. The quantitative estimate of drug-likeness (QED) is 0.448. The zero-order chi connectivity index (χ0) is 22.3. The van der Waals surface area contributed by atoms with Gasteiger partial charge in [0.05, 0.1) is 17.1 Å². The molecule has 160 valence electrons. The number of esters is 1. The molecule has 0 aliphatic carbocycles. The predicted octanol–water partition coefficient (Wildman–Crippen LogP) is 2.23. The van der Waals surface area contributed by atoms with E-state index in [1.807, 2.05) is 6.92 Å². The minimum Gasteiger partial charge on any atom is -0.455 e. The highest BCUT2D eigenvalue weighted by molar-refractivity contribution is 9.10. The molecule has 8 nitrogen and oxygen atoms in total. The van der Waals surface area contributed by atoms with E-state index in [0.29, 0.717) is 5.56 Å². The molecule has 2 aromatic rings. The summed E-state index contributed by atoms with van der Waals surface area (Å²) in [6.45, 7) is 3.02. The fourth-order valence-electron chi connectivity index (χ4n) is 2.30. The normalized spacial score (nSPS) is 10.9. The highest BCUT2D eigenvalue weighted by Crippen LogP contribution is 2.17. The Morgan fingerprint density at radius 3 is 2.27 bits per heavy atom. The monoisotopic (exact) mass is 496 g/mol. The number of carbonyl (C=O) groups excluding carboxylic acids is 3. The van der Waals surface area contributed by atoms with E-state index < -0.39 is 46.4 Å². The maximum Gasteiger partial charge on any atom is 0.307 e. The number of sulfone groups is 1. The minimum absolute atomic E-state index is 0.131. The van der Waals surface area contributed by atoms with Crippen LogP contribution in [0.15, 0.2) is 51.8 Å². The molecule has 0 radical (unpaired) electrons. The number of benzene rings is 2. The van der Waals surface area contributed by atoms with Gasteiger partial charge < -0.3 is 4.74 Å². The summed E-state index contributed by atoms with van der Waals surface area (Å²) in [6.07, 6.45) is -0.395. The third-order valence-electron chi connectivity index (χ3n) is 4.20. The van der Waals surface area contributed by atoms with Crippen molar-refractivity contribution in [2.24, 2.45) is 0 Å². The summed E-state index contributed by atoms with van der Waals surface area (Å²) in [5.41, 5.74) is 6.43. The van der Waals surface area contributed by atoms with Gasteiger partial charge in [-0.15, -0.1) is 0 Å². The summed E-state index contributed by atoms with van der Waals surface area (Å²) in [4.78, 5) is 35.5. The smallest absolute Gasteiger partial charge is 0.307 e. The van der Waals surface area contributed by atoms with Gasteiger partial charge in [0.2, 0.25) is 0 Å². The maximum absolute atomic E-state index is 12.3. The first-order chi connectivity index (χ1) is 14.1. The maximum atomic E-state index is 12.3. The summed E-state index contributed by atoms with van der Waals surface area (Å²) >= 11 is 3.25. The van der Waals surface area contributed by atoms with E-state index in [-0.39, 0.29) is 4.90 Å². The van der Waals surface area contributed by atoms with Gasteiger partial charge in [0.1, 0.15) is 0 Å². The number of ether oxygens (including phenoxy) is 1. The molecule has 10 heteroatoms. The van der Waals surface area contributed by atoms with Crippen molar-refractivity contribution in [1.82, 2.24) is 10.9 Å². The molecule has 0 aromatic heterocycles. The van der Waals surface area contributed by atoms with Gasteiger partial charge in [0.15, 0.2) is 16.4 Å². The van der Waals surface area contributed by atoms with E-state index >= 15 is 0 Å². The van der Waals surface area contributed by atoms with Gasteiger partial charge in [-0.25, -0.2) is 8.42 Å². The van der Waals surface area contributed by atoms with Crippen LogP contribution in [0, 0.1) is 13.8 Å². The Morgan fingerprint density at radius 2 is 1.63 bits per heavy atom. The molecule has 0 saturated carbocycles. The Balaban J connectivity index is 1.75. The number of hydrogen-bond donors (Lipinski definition) is 2. The summed E-state index contributed by atoms with van der Waals surface area (Å²) < 4.78 is 30.2. The lowest BCUT2D eigenvalue weighted by molar-refractivity contribution is -0.148. The van der Waals surface area contributed by atoms with Gasteiger partial charge in [0, 0.05) is 10.0 Å². The lowest BCUT2D eigenvalue weighted by atomic mass is 10.1. The van der Waals surface area contributed by atoms with Crippen LogP contribution in [0.5, 0.6) is 0 Å². The topological polar surface area (TPSA) is 119 Å². The van der Waals surface area contributed by atoms with Gasteiger partial charge in [-0.1, -0.05) is 22.0 Å². The van der Waals surface area contributed by atoms with Crippen molar-refractivity contribution in [2.75, 3.05) is 12.4 Å². The fraction of sp³-hybridized carbons (Fsp3) is 0.250. The van der Waals surface area contributed by atoms with Crippen LogP contribution in [-0.4, -0.2) is 38.6 Å². The van der Waals surface area contributed by atoms with Crippen molar-refractivity contribution in [3.8, 4) is 0 Å². The lowest BCUT2D eigenvalue weighted by Crippen LogP contribution is -2.43. The average Bonchev–Trinajstić information content (AvgIpc) is 2.71. The number of halogens is 1. The second-order valence-corrected chi connectivity index (χ2v) is 9.51. The molecular formula is C20H21BrN2O6S. The number of amides is 2. The lowest BCUT2D eigenvalue weighted by Gasteiger charge is -2.09. The van der Waals surface area contributed by atoms with E-state index in [2.05, 4.69) is 26.8 Å². The Hall–Kier alpha value is -2.72. The van der Waals surface area contributed by atoms with Gasteiger partial charge in [-0.3, -0.25) is 25.2 Å². The molecule has 0 aliphatic rings. The second kappa shape index (κ2) is 10.4. The summed E-state index contributed by atoms with van der Waals surface area (Å²) in [7, 11) is -3.65. The molecule has 0 aliphatic heterocycles. The third kappa shape index (κ3) is 6.96. The van der Waals surface area contributed by atoms with Crippen LogP contribution in [0.3, 0.4) is 0 Å². The molecule has 0 saturated heterocycles. The summed E-state index contributed by atoms with van der Waals surface area (Å²) in [5, 5.41) is 0. The van der Waals surface area contributed by atoms with Crippen LogP contribution < -0.4 is 10.9 Å². The number of hydrogen-bond acceptors (Lipinski definition) is 6. The first-order valence-electron chi connectivity index (χ1n) is 8.89. The second-order valence-electron chi connectivity index (χ2n) is 6.48. The highest BCUT2D eigenvalue weighted by Gasteiger charge is 2.18. The highest BCUT2D eigenvalue weighted by atomic mass is 79.9. The van der Waals surface area contributed by atoms with Crippen LogP contribution >= 0.6 is 15.9 Å². The first-order valence-corrected chi connectivity index (χ1v) is 11.3. The average molecular weight is 497 g/mol. The molecule has 2 amide bonds. The first kappa shape index (κ1) is 23.6. The van der Waals surface area contributed by atoms with Crippen LogP contribution in [0.25, 0.3) is 0 Å². The number of carbonyl (C=O) groups is 3. The van der Waals surface area contributed by atoms with Crippen molar-refractivity contribution >= 4 is 43.6 Å². The van der Waals surface area contributed by atoms with E-state index in [0.717, 1.165) is 15.6 Å². The van der Waals surface area contributed by atoms with Gasteiger partial charge >= 0.3 is 5.97 Å². The molecule has 30 heavy (non-hydrogen) atoms. The van der Waals surface area contributed by atoms with Crippen LogP contribution in [0.4, 0.5) is 0 Å². The van der Waals surface area contributed by atoms with Crippen molar-refractivity contribution in [3.05, 3.63) is 63.6 Å². The standard InChI is InChI=1S/C20H21BrN2O6S/c1-13-3-8-17(11-14(13)2)30(27,28)10-9-19(25)29-12-18(24)22-23-20(26)15-4-6-16(21)7-5-15/h3-8,11H,9-10,12H2,1-2H3,(H,22,24)(H,23,26). The van der Waals surface area contributed by atoms with E-state index in [4.69, 9.17) is 4.74 Å². The van der Waals surface area contributed by atoms with Gasteiger partial charge in [-0.05, 0) is 61.4 Å². The molecule has 0 spiro atoms. The zero-order valence-corrected chi connectivity index (χ0v) is 18.8. The van der Waals surface area contributed by atoms with Crippen LogP contribution in [0.1, 0.15) is 27.9 Å². The number of aryl methyl sites for hydroxylation is 2. The van der Waals surface area contributed by atoms with Crippen LogP contribution in [-0.2, 0) is 24.2 Å². The summed E-state index contributed by atoms with van der Waals surface area (Å²) in [5.74, 6) is -2.57. The van der Waals surface area contributed by atoms with Gasteiger partial charge in [-0.2, -0.15) is 0 Å². The Labute approximate surface area is 183 Å². The molecule has 0 heterocycles. The molecule has 2 rings (SSSR count). The van der Waals surface area contributed by atoms with Crippen LogP contribution in [0.2, 0.25) is 0 Å². The van der Waals surface area contributed by atoms with Crippen molar-refractivity contribution in [1.29, 1.82) is 0 Å². The zero-order valence-electron chi connectivity index (χ0n) is 16.4. The van der Waals surface area contributed by atoms with Crippen molar-refractivity contribution in [2.45, 2.75) is 25.2 Å². The molecule has 2 N–H and O–H groups in total.